The van der Waals surface area contributed by atoms with Crippen molar-refractivity contribution in [2.45, 2.75) is 13.0 Å². The van der Waals surface area contributed by atoms with Crippen molar-refractivity contribution < 1.29 is 13.2 Å². The first-order valence-corrected chi connectivity index (χ1v) is 8.52. The van der Waals surface area contributed by atoms with E-state index in [1.165, 1.54) is 8.61 Å². The molecule has 0 saturated heterocycles. The minimum atomic E-state index is -3.45. The SMILES string of the molecule is CNCCCN(C)S(=O)(=O)N1CCOc2ccccc2C1. The summed E-state index contributed by atoms with van der Waals surface area (Å²) in [6, 6.07) is 7.58. The Labute approximate surface area is 126 Å². The van der Waals surface area contributed by atoms with Crippen molar-refractivity contribution in [1.29, 1.82) is 0 Å². The summed E-state index contributed by atoms with van der Waals surface area (Å²) < 4.78 is 33.8. The van der Waals surface area contributed by atoms with Crippen LogP contribution in [0.25, 0.3) is 0 Å². The fourth-order valence-electron chi connectivity index (χ4n) is 2.29. The standard InChI is InChI=1S/C14H23N3O3S/c1-15-8-5-9-16(2)21(18,19)17-10-11-20-14-7-4-3-6-13(14)12-17/h3-4,6-7,15H,5,8-12H2,1-2H3. The van der Waals surface area contributed by atoms with E-state index in [1.54, 1.807) is 7.05 Å². The molecule has 0 amide bonds. The third-order valence-electron chi connectivity index (χ3n) is 3.54. The Kier molecular flexibility index (Phi) is 5.58. The van der Waals surface area contributed by atoms with Gasteiger partial charge in [0.15, 0.2) is 0 Å². The van der Waals surface area contributed by atoms with Crippen LogP contribution in [0.4, 0.5) is 0 Å². The molecule has 1 aromatic carbocycles. The van der Waals surface area contributed by atoms with E-state index >= 15 is 0 Å². The van der Waals surface area contributed by atoms with Crippen LogP contribution in [0.5, 0.6) is 5.75 Å². The van der Waals surface area contributed by atoms with E-state index in [0.717, 1.165) is 24.3 Å². The van der Waals surface area contributed by atoms with Gasteiger partial charge in [0.2, 0.25) is 0 Å². The fraction of sp³-hybridized carbons (Fsp3) is 0.571. The van der Waals surface area contributed by atoms with Crippen LogP contribution in [0.2, 0.25) is 0 Å². The first-order valence-electron chi connectivity index (χ1n) is 7.12. The van der Waals surface area contributed by atoms with E-state index in [2.05, 4.69) is 5.32 Å². The molecule has 0 bridgehead atoms. The summed E-state index contributed by atoms with van der Waals surface area (Å²) >= 11 is 0. The summed E-state index contributed by atoms with van der Waals surface area (Å²) in [5.41, 5.74) is 0.905. The first-order chi connectivity index (χ1) is 10.1. The molecular formula is C14H23N3O3S. The van der Waals surface area contributed by atoms with Crippen molar-refractivity contribution in [2.24, 2.45) is 0 Å². The lowest BCUT2D eigenvalue weighted by Crippen LogP contribution is -2.43. The zero-order valence-electron chi connectivity index (χ0n) is 12.6. The number of nitrogens with zero attached hydrogens (tertiary/aromatic N) is 2. The number of ether oxygens (including phenoxy) is 1. The summed E-state index contributed by atoms with van der Waals surface area (Å²) in [6.07, 6.45) is 0.785. The second kappa shape index (κ2) is 7.22. The zero-order valence-corrected chi connectivity index (χ0v) is 13.4. The molecule has 0 fully saturated rings. The van der Waals surface area contributed by atoms with Gasteiger partial charge in [0.25, 0.3) is 10.2 Å². The number of para-hydroxylation sites is 1. The maximum absolute atomic E-state index is 12.6. The molecule has 1 heterocycles. The Morgan fingerprint density at radius 1 is 1.38 bits per heavy atom. The molecule has 1 aliphatic heterocycles. The van der Waals surface area contributed by atoms with Gasteiger partial charge in [-0.3, -0.25) is 0 Å². The lowest BCUT2D eigenvalue weighted by atomic mass is 10.2. The maximum Gasteiger partial charge on any atom is 0.282 e. The van der Waals surface area contributed by atoms with Gasteiger partial charge in [-0.15, -0.1) is 0 Å². The van der Waals surface area contributed by atoms with Crippen LogP contribution in [0.1, 0.15) is 12.0 Å². The largest absolute Gasteiger partial charge is 0.492 e. The highest BCUT2D eigenvalue weighted by Gasteiger charge is 2.29. The summed E-state index contributed by atoms with van der Waals surface area (Å²) in [6.45, 7) is 2.40. The summed E-state index contributed by atoms with van der Waals surface area (Å²) in [4.78, 5) is 0. The monoisotopic (exact) mass is 313 g/mol. The predicted molar refractivity (Wildman–Crippen MR) is 82.4 cm³/mol. The van der Waals surface area contributed by atoms with Crippen LogP contribution < -0.4 is 10.1 Å². The number of hydrogen-bond acceptors (Lipinski definition) is 4. The Balaban J connectivity index is 2.09. The molecule has 0 unspecified atom stereocenters. The Bertz CT molecular complexity index is 562. The van der Waals surface area contributed by atoms with E-state index in [4.69, 9.17) is 4.74 Å². The average Bonchev–Trinajstić information content (AvgIpc) is 2.70. The van der Waals surface area contributed by atoms with Gasteiger partial charge in [-0.1, -0.05) is 18.2 Å². The maximum atomic E-state index is 12.6. The van der Waals surface area contributed by atoms with Crippen LogP contribution in [0.3, 0.4) is 0 Å². The molecule has 2 rings (SSSR count). The Morgan fingerprint density at radius 2 is 2.14 bits per heavy atom. The van der Waals surface area contributed by atoms with Gasteiger partial charge in [0, 0.05) is 32.2 Å². The van der Waals surface area contributed by atoms with Gasteiger partial charge in [-0.25, -0.2) is 0 Å². The molecule has 1 aromatic rings. The van der Waals surface area contributed by atoms with E-state index in [0.29, 0.717) is 26.2 Å². The number of rotatable bonds is 6. The summed E-state index contributed by atoms with van der Waals surface area (Å²) in [5, 5.41) is 3.02. The molecule has 6 nitrogen and oxygen atoms in total. The topological polar surface area (TPSA) is 61.9 Å². The molecule has 0 radical (unpaired) electrons. The fourth-order valence-corrected chi connectivity index (χ4v) is 3.65. The lowest BCUT2D eigenvalue weighted by molar-refractivity contribution is 0.282. The molecule has 1 aliphatic rings. The molecule has 0 saturated carbocycles. The number of fused-ring (bicyclic) bond motifs is 1. The number of hydrogen-bond donors (Lipinski definition) is 1. The highest BCUT2D eigenvalue weighted by Crippen LogP contribution is 2.24. The number of benzene rings is 1. The predicted octanol–water partition coefficient (Wildman–Crippen LogP) is 0.667. The minimum Gasteiger partial charge on any atom is -0.492 e. The number of nitrogens with one attached hydrogen (secondary N) is 1. The molecule has 0 atom stereocenters. The van der Waals surface area contributed by atoms with Crippen LogP contribution in [-0.2, 0) is 16.8 Å². The highest BCUT2D eigenvalue weighted by atomic mass is 32.2. The van der Waals surface area contributed by atoms with Crippen LogP contribution >= 0.6 is 0 Å². The van der Waals surface area contributed by atoms with E-state index in [-0.39, 0.29) is 0 Å². The molecule has 1 N–H and O–H groups in total. The minimum absolute atomic E-state index is 0.356. The van der Waals surface area contributed by atoms with Gasteiger partial charge in [0.05, 0.1) is 0 Å². The second-order valence-corrected chi connectivity index (χ2v) is 7.11. The van der Waals surface area contributed by atoms with Crippen molar-refractivity contribution in [3.05, 3.63) is 29.8 Å². The normalized spacial score (nSPS) is 16.3. The van der Waals surface area contributed by atoms with Crippen molar-refractivity contribution in [1.82, 2.24) is 13.9 Å². The van der Waals surface area contributed by atoms with Crippen LogP contribution in [0.15, 0.2) is 24.3 Å². The molecule has 118 valence electrons. The Hall–Kier alpha value is -1.15. The molecule has 0 aliphatic carbocycles. The van der Waals surface area contributed by atoms with Gasteiger partial charge in [0.1, 0.15) is 12.4 Å². The van der Waals surface area contributed by atoms with Gasteiger partial charge in [-0.05, 0) is 26.1 Å². The smallest absolute Gasteiger partial charge is 0.282 e. The molecule has 0 aromatic heterocycles. The van der Waals surface area contributed by atoms with Crippen molar-refractivity contribution in [2.75, 3.05) is 40.3 Å². The zero-order chi connectivity index (χ0) is 15.3. The lowest BCUT2D eigenvalue weighted by Gasteiger charge is -2.26. The van der Waals surface area contributed by atoms with Gasteiger partial charge >= 0.3 is 0 Å². The van der Waals surface area contributed by atoms with E-state index in [1.807, 2.05) is 31.3 Å². The molecule has 7 heteroatoms. The highest BCUT2D eigenvalue weighted by molar-refractivity contribution is 7.86. The van der Waals surface area contributed by atoms with Crippen LogP contribution in [-0.4, -0.2) is 57.4 Å². The molecule has 21 heavy (non-hydrogen) atoms. The first kappa shape index (κ1) is 16.2. The quantitative estimate of drug-likeness (QED) is 0.784. The molecular weight excluding hydrogens is 290 g/mol. The van der Waals surface area contributed by atoms with Gasteiger partial charge in [-0.2, -0.15) is 17.0 Å². The van der Waals surface area contributed by atoms with Crippen molar-refractivity contribution in [3.63, 3.8) is 0 Å². The summed E-state index contributed by atoms with van der Waals surface area (Å²) in [5.74, 6) is 0.771. The van der Waals surface area contributed by atoms with E-state index in [9.17, 15) is 8.42 Å². The molecule has 0 spiro atoms. The van der Waals surface area contributed by atoms with E-state index < -0.39 is 10.2 Å². The average molecular weight is 313 g/mol. The van der Waals surface area contributed by atoms with Crippen LogP contribution in [0, 0.1) is 0 Å². The third kappa shape index (κ3) is 3.94. The van der Waals surface area contributed by atoms with Gasteiger partial charge < -0.3 is 10.1 Å². The Morgan fingerprint density at radius 3 is 2.90 bits per heavy atom. The second-order valence-electron chi connectivity index (χ2n) is 5.08. The third-order valence-corrected chi connectivity index (χ3v) is 5.47. The summed E-state index contributed by atoms with van der Waals surface area (Å²) in [7, 11) is 0.0367. The van der Waals surface area contributed by atoms with Crippen molar-refractivity contribution in [3.8, 4) is 5.75 Å². The van der Waals surface area contributed by atoms with Crippen molar-refractivity contribution >= 4 is 10.2 Å².